The Balaban J connectivity index is 1.37. The van der Waals surface area contributed by atoms with E-state index in [2.05, 4.69) is 9.80 Å². The van der Waals surface area contributed by atoms with Crippen LogP contribution < -0.4 is 4.74 Å². The van der Waals surface area contributed by atoms with Crippen LogP contribution in [0, 0.1) is 10.1 Å². The Bertz CT molecular complexity index is 714. The van der Waals surface area contributed by atoms with Crippen molar-refractivity contribution in [2.24, 2.45) is 0 Å². The second-order valence-corrected chi connectivity index (χ2v) is 6.78. The summed E-state index contributed by atoms with van der Waals surface area (Å²) in [5, 5.41) is 11.4. The monoisotopic (exact) mass is 375 g/mol. The van der Waals surface area contributed by atoms with Crippen LogP contribution in [-0.2, 0) is 6.54 Å². The molecule has 1 fully saturated rings. The number of hydrogen-bond donors (Lipinski definition) is 0. The highest BCUT2D eigenvalue weighted by Gasteiger charge is 2.17. The number of non-ortho nitro benzene ring substituents is 1. The first-order valence-corrected chi connectivity index (χ1v) is 9.04. The Labute approximate surface area is 158 Å². The van der Waals surface area contributed by atoms with E-state index in [1.807, 2.05) is 36.4 Å². The molecule has 0 bridgehead atoms. The molecule has 26 heavy (non-hydrogen) atoms. The molecular formula is C19H22ClN3O3. The quantitative estimate of drug-likeness (QED) is 0.548. The molecule has 0 aromatic heterocycles. The van der Waals surface area contributed by atoms with Gasteiger partial charge in [-0.15, -0.1) is 0 Å². The van der Waals surface area contributed by atoms with Crippen molar-refractivity contribution in [1.29, 1.82) is 0 Å². The predicted molar refractivity (Wildman–Crippen MR) is 102 cm³/mol. The van der Waals surface area contributed by atoms with Crippen LogP contribution >= 0.6 is 11.6 Å². The second-order valence-electron chi connectivity index (χ2n) is 6.34. The number of rotatable bonds is 7. The summed E-state index contributed by atoms with van der Waals surface area (Å²) in [5.41, 5.74) is 1.24. The summed E-state index contributed by atoms with van der Waals surface area (Å²) >= 11 is 5.86. The number of nitro groups is 1. The molecule has 6 nitrogen and oxygen atoms in total. The SMILES string of the molecule is O=[N+]([O-])c1ccc(CN2CCN(CCOc3ccc(Cl)cc3)CC2)cc1. The molecule has 3 rings (SSSR count). The molecule has 0 N–H and O–H groups in total. The molecule has 1 heterocycles. The van der Waals surface area contributed by atoms with E-state index in [0.29, 0.717) is 11.6 Å². The van der Waals surface area contributed by atoms with Gasteiger partial charge in [0.25, 0.3) is 5.69 Å². The van der Waals surface area contributed by atoms with Crippen LogP contribution in [0.3, 0.4) is 0 Å². The van der Waals surface area contributed by atoms with Crippen LogP contribution in [0.5, 0.6) is 5.75 Å². The summed E-state index contributed by atoms with van der Waals surface area (Å²) in [6, 6.07) is 14.2. The van der Waals surface area contributed by atoms with Crippen molar-refractivity contribution in [3.8, 4) is 5.75 Å². The van der Waals surface area contributed by atoms with Gasteiger partial charge < -0.3 is 4.74 Å². The number of halogens is 1. The summed E-state index contributed by atoms with van der Waals surface area (Å²) in [4.78, 5) is 15.1. The highest BCUT2D eigenvalue weighted by Crippen LogP contribution is 2.16. The Morgan fingerprint density at radius 3 is 2.19 bits per heavy atom. The van der Waals surface area contributed by atoms with Crippen molar-refractivity contribution in [2.75, 3.05) is 39.3 Å². The fourth-order valence-corrected chi connectivity index (χ4v) is 3.10. The number of hydrogen-bond acceptors (Lipinski definition) is 5. The largest absolute Gasteiger partial charge is 0.492 e. The number of ether oxygens (including phenoxy) is 1. The molecule has 1 aliphatic rings. The highest BCUT2D eigenvalue weighted by molar-refractivity contribution is 6.30. The zero-order valence-corrected chi connectivity index (χ0v) is 15.3. The zero-order chi connectivity index (χ0) is 18.4. The fraction of sp³-hybridized carbons (Fsp3) is 0.368. The van der Waals surface area contributed by atoms with Gasteiger partial charge >= 0.3 is 0 Å². The van der Waals surface area contributed by atoms with Gasteiger partial charge in [-0.1, -0.05) is 23.7 Å². The number of piperazine rings is 1. The van der Waals surface area contributed by atoms with Crippen LogP contribution in [-0.4, -0.2) is 54.1 Å². The maximum Gasteiger partial charge on any atom is 0.269 e. The van der Waals surface area contributed by atoms with Gasteiger partial charge in [0.2, 0.25) is 0 Å². The average Bonchev–Trinajstić information content (AvgIpc) is 2.65. The zero-order valence-electron chi connectivity index (χ0n) is 14.5. The van der Waals surface area contributed by atoms with Crippen molar-refractivity contribution in [2.45, 2.75) is 6.54 Å². The summed E-state index contributed by atoms with van der Waals surface area (Å²) in [5.74, 6) is 0.839. The second kappa shape index (κ2) is 8.98. The lowest BCUT2D eigenvalue weighted by Crippen LogP contribution is -2.47. The lowest BCUT2D eigenvalue weighted by atomic mass is 10.2. The number of nitrogens with zero attached hydrogens (tertiary/aromatic N) is 3. The van der Waals surface area contributed by atoms with Crippen molar-refractivity contribution >= 4 is 17.3 Å². The molecular weight excluding hydrogens is 354 g/mol. The molecule has 1 saturated heterocycles. The van der Waals surface area contributed by atoms with E-state index in [0.717, 1.165) is 50.6 Å². The van der Waals surface area contributed by atoms with E-state index in [-0.39, 0.29) is 10.6 Å². The minimum Gasteiger partial charge on any atom is -0.492 e. The van der Waals surface area contributed by atoms with E-state index in [4.69, 9.17) is 16.3 Å². The maximum atomic E-state index is 10.7. The van der Waals surface area contributed by atoms with Gasteiger partial charge in [0, 0.05) is 56.4 Å². The molecule has 0 amide bonds. The molecule has 0 spiro atoms. The molecule has 0 unspecified atom stereocenters. The van der Waals surface area contributed by atoms with Crippen LogP contribution in [0.2, 0.25) is 5.02 Å². The highest BCUT2D eigenvalue weighted by atomic mass is 35.5. The summed E-state index contributed by atoms with van der Waals surface area (Å²) in [6.45, 7) is 6.34. The van der Waals surface area contributed by atoms with Gasteiger partial charge in [0.05, 0.1) is 4.92 Å². The van der Waals surface area contributed by atoms with Crippen molar-refractivity contribution in [1.82, 2.24) is 9.80 Å². The van der Waals surface area contributed by atoms with Crippen LogP contribution in [0.15, 0.2) is 48.5 Å². The normalized spacial score (nSPS) is 15.7. The van der Waals surface area contributed by atoms with E-state index >= 15 is 0 Å². The van der Waals surface area contributed by atoms with Crippen LogP contribution in [0.1, 0.15) is 5.56 Å². The van der Waals surface area contributed by atoms with Crippen LogP contribution in [0.25, 0.3) is 0 Å². The molecule has 1 aliphatic heterocycles. The molecule has 0 saturated carbocycles. The standard InChI is InChI=1S/C19H22ClN3O3/c20-17-3-7-19(8-4-17)26-14-13-21-9-11-22(12-10-21)15-16-1-5-18(6-2-16)23(24)25/h1-8H,9-15H2. The third kappa shape index (κ3) is 5.42. The smallest absolute Gasteiger partial charge is 0.269 e. The minimum atomic E-state index is -0.366. The first-order chi connectivity index (χ1) is 12.6. The van der Waals surface area contributed by atoms with E-state index in [9.17, 15) is 10.1 Å². The first-order valence-electron chi connectivity index (χ1n) is 8.66. The van der Waals surface area contributed by atoms with Gasteiger partial charge in [0.1, 0.15) is 12.4 Å². The minimum absolute atomic E-state index is 0.138. The number of nitro benzene ring substituents is 1. The van der Waals surface area contributed by atoms with E-state index in [1.54, 1.807) is 12.1 Å². The van der Waals surface area contributed by atoms with Gasteiger partial charge in [0.15, 0.2) is 0 Å². The van der Waals surface area contributed by atoms with Gasteiger partial charge in [-0.3, -0.25) is 19.9 Å². The lowest BCUT2D eigenvalue weighted by Gasteiger charge is -2.34. The summed E-state index contributed by atoms with van der Waals surface area (Å²) in [7, 11) is 0. The summed E-state index contributed by atoms with van der Waals surface area (Å²) < 4.78 is 5.75. The Kier molecular flexibility index (Phi) is 6.44. The van der Waals surface area contributed by atoms with E-state index in [1.165, 1.54) is 0 Å². The Morgan fingerprint density at radius 2 is 1.58 bits per heavy atom. The molecule has 138 valence electrons. The maximum absolute atomic E-state index is 10.7. The third-order valence-electron chi connectivity index (χ3n) is 4.51. The van der Waals surface area contributed by atoms with Crippen molar-refractivity contribution in [3.05, 3.63) is 69.2 Å². The molecule has 0 radical (unpaired) electrons. The van der Waals surface area contributed by atoms with Gasteiger partial charge in [-0.25, -0.2) is 0 Å². The summed E-state index contributed by atoms with van der Waals surface area (Å²) in [6.07, 6.45) is 0. The first kappa shape index (κ1) is 18.6. The Hall–Kier alpha value is -2.15. The predicted octanol–water partition coefficient (Wildman–Crippen LogP) is 3.44. The fourth-order valence-electron chi connectivity index (χ4n) is 2.98. The molecule has 7 heteroatoms. The third-order valence-corrected chi connectivity index (χ3v) is 4.76. The average molecular weight is 376 g/mol. The van der Waals surface area contributed by atoms with Gasteiger partial charge in [-0.2, -0.15) is 0 Å². The van der Waals surface area contributed by atoms with Crippen LogP contribution in [0.4, 0.5) is 5.69 Å². The molecule has 0 atom stereocenters. The molecule has 2 aromatic carbocycles. The molecule has 0 aliphatic carbocycles. The van der Waals surface area contributed by atoms with Crippen molar-refractivity contribution < 1.29 is 9.66 Å². The van der Waals surface area contributed by atoms with E-state index < -0.39 is 0 Å². The topological polar surface area (TPSA) is 58.9 Å². The number of benzene rings is 2. The lowest BCUT2D eigenvalue weighted by molar-refractivity contribution is -0.384. The van der Waals surface area contributed by atoms with Gasteiger partial charge in [-0.05, 0) is 29.8 Å². The van der Waals surface area contributed by atoms with Crippen molar-refractivity contribution in [3.63, 3.8) is 0 Å². The molecule has 2 aromatic rings. The Morgan fingerprint density at radius 1 is 0.962 bits per heavy atom.